The first kappa shape index (κ1) is 21.6. The van der Waals surface area contributed by atoms with Crippen LogP contribution in [0.15, 0.2) is 48.6 Å². The Morgan fingerprint density at radius 1 is 0.741 bits per heavy atom. The van der Waals surface area contributed by atoms with Gasteiger partial charge < -0.3 is 4.74 Å². The molecule has 0 saturated carbocycles. The summed E-state index contributed by atoms with van der Waals surface area (Å²) < 4.78 is 6.04. The van der Waals surface area contributed by atoms with Gasteiger partial charge >= 0.3 is 0 Å². The maximum atomic E-state index is 6.31. The van der Waals surface area contributed by atoms with Crippen LogP contribution in [0.5, 0.6) is 11.5 Å². The highest BCUT2D eigenvalue weighted by Gasteiger charge is 2.04. The van der Waals surface area contributed by atoms with Crippen molar-refractivity contribution in [3.63, 3.8) is 0 Å². The first-order valence-corrected chi connectivity index (χ1v) is 10.5. The topological polar surface area (TPSA) is 9.23 Å². The van der Waals surface area contributed by atoms with Crippen LogP contribution in [-0.4, -0.2) is 0 Å². The maximum absolute atomic E-state index is 6.31. The number of rotatable bonds is 10. The summed E-state index contributed by atoms with van der Waals surface area (Å²) in [5, 5.41) is 1.46. The van der Waals surface area contributed by atoms with Crippen LogP contribution in [0.25, 0.3) is 12.2 Å². The average molecular weight is 403 g/mol. The Balaban J connectivity index is 2.12. The van der Waals surface area contributed by atoms with E-state index in [1.807, 2.05) is 36.4 Å². The smallest absolute Gasteiger partial charge is 0.128 e. The highest BCUT2D eigenvalue weighted by molar-refractivity contribution is 6.32. The third-order valence-corrected chi connectivity index (χ3v) is 4.90. The van der Waals surface area contributed by atoms with E-state index < -0.39 is 0 Å². The molecule has 0 aromatic heterocycles. The molecule has 2 aromatic carbocycles. The quantitative estimate of drug-likeness (QED) is 0.359. The van der Waals surface area contributed by atoms with Crippen molar-refractivity contribution >= 4 is 35.4 Å². The molecule has 0 spiro atoms. The van der Waals surface area contributed by atoms with E-state index in [0.717, 1.165) is 45.5 Å². The zero-order chi connectivity index (χ0) is 19.5. The van der Waals surface area contributed by atoms with Crippen LogP contribution in [0.2, 0.25) is 10.0 Å². The van der Waals surface area contributed by atoms with Gasteiger partial charge in [0, 0.05) is 10.0 Å². The lowest BCUT2D eigenvalue weighted by molar-refractivity contribution is 0.482. The number of hydrogen-bond donors (Lipinski definition) is 0. The van der Waals surface area contributed by atoms with E-state index in [9.17, 15) is 0 Å². The zero-order valence-electron chi connectivity index (χ0n) is 16.2. The van der Waals surface area contributed by atoms with Crippen LogP contribution in [0, 0.1) is 0 Å². The molecule has 27 heavy (non-hydrogen) atoms. The van der Waals surface area contributed by atoms with Gasteiger partial charge in [-0.15, -0.1) is 0 Å². The van der Waals surface area contributed by atoms with Crippen LogP contribution < -0.4 is 4.74 Å². The van der Waals surface area contributed by atoms with Crippen molar-refractivity contribution in [1.29, 1.82) is 0 Å². The first-order valence-electron chi connectivity index (χ1n) is 9.74. The molecule has 0 saturated heterocycles. The Morgan fingerprint density at radius 3 is 1.59 bits per heavy atom. The number of allylic oxidation sites excluding steroid dienone is 2. The van der Waals surface area contributed by atoms with E-state index in [1.54, 1.807) is 0 Å². The molecule has 0 unspecified atom stereocenters. The fourth-order valence-electron chi connectivity index (χ4n) is 2.63. The lowest BCUT2D eigenvalue weighted by Crippen LogP contribution is -1.87. The van der Waals surface area contributed by atoms with Gasteiger partial charge in [-0.05, 0) is 60.4 Å². The molecule has 0 aliphatic rings. The summed E-state index contributed by atoms with van der Waals surface area (Å²) >= 11 is 12.6. The van der Waals surface area contributed by atoms with Crippen molar-refractivity contribution in [2.75, 3.05) is 0 Å². The van der Waals surface area contributed by atoms with Gasteiger partial charge in [0.15, 0.2) is 0 Å². The average Bonchev–Trinajstić information content (AvgIpc) is 2.67. The molecular weight excluding hydrogens is 375 g/mol. The standard InChI is InChI=1S/C24H28Cl2O/c1-3-5-7-9-11-19-17-21(13-15-23(19)25)27-22-14-16-24(26)20(18-22)12-10-8-6-4-2/h9-18H,3-8H2,1-2H3. The largest absolute Gasteiger partial charge is 0.457 e. The molecule has 0 aliphatic carbocycles. The number of halogens is 2. The molecule has 0 bridgehead atoms. The van der Waals surface area contributed by atoms with Crippen LogP contribution in [0.1, 0.15) is 63.5 Å². The monoisotopic (exact) mass is 402 g/mol. The molecule has 2 rings (SSSR count). The summed E-state index contributed by atoms with van der Waals surface area (Å²) in [6.07, 6.45) is 15.3. The van der Waals surface area contributed by atoms with E-state index in [2.05, 4.69) is 38.2 Å². The Bertz CT molecular complexity index is 712. The fourth-order valence-corrected chi connectivity index (χ4v) is 2.99. The Morgan fingerprint density at radius 2 is 1.19 bits per heavy atom. The molecule has 0 aliphatic heterocycles. The minimum Gasteiger partial charge on any atom is -0.457 e. The molecule has 0 heterocycles. The molecule has 0 fully saturated rings. The van der Waals surface area contributed by atoms with Crippen LogP contribution >= 0.6 is 23.2 Å². The lowest BCUT2D eigenvalue weighted by Gasteiger charge is -2.09. The molecule has 0 N–H and O–H groups in total. The summed E-state index contributed by atoms with van der Waals surface area (Å²) in [5.41, 5.74) is 1.94. The minimum absolute atomic E-state index is 0.728. The van der Waals surface area contributed by atoms with Gasteiger partial charge in [-0.25, -0.2) is 0 Å². The first-order chi connectivity index (χ1) is 13.1. The van der Waals surface area contributed by atoms with Crippen molar-refractivity contribution in [3.05, 3.63) is 69.7 Å². The zero-order valence-corrected chi connectivity index (χ0v) is 17.7. The van der Waals surface area contributed by atoms with Crippen LogP contribution in [0.3, 0.4) is 0 Å². The number of ether oxygens (including phenoxy) is 1. The summed E-state index contributed by atoms with van der Waals surface area (Å²) in [4.78, 5) is 0. The second-order valence-corrected chi connectivity index (χ2v) is 7.37. The molecule has 0 radical (unpaired) electrons. The van der Waals surface area contributed by atoms with E-state index in [0.29, 0.717) is 0 Å². The predicted molar refractivity (Wildman–Crippen MR) is 120 cm³/mol. The molecule has 144 valence electrons. The van der Waals surface area contributed by atoms with E-state index in [4.69, 9.17) is 27.9 Å². The Hall–Kier alpha value is -1.70. The highest BCUT2D eigenvalue weighted by atomic mass is 35.5. The molecule has 0 atom stereocenters. The van der Waals surface area contributed by atoms with Crippen molar-refractivity contribution in [2.24, 2.45) is 0 Å². The second kappa shape index (κ2) is 11.9. The number of unbranched alkanes of at least 4 members (excludes halogenated alkanes) is 4. The van der Waals surface area contributed by atoms with Crippen molar-refractivity contribution < 1.29 is 4.74 Å². The van der Waals surface area contributed by atoms with E-state index >= 15 is 0 Å². The van der Waals surface area contributed by atoms with Gasteiger partial charge in [0.05, 0.1) is 0 Å². The van der Waals surface area contributed by atoms with Gasteiger partial charge in [-0.2, -0.15) is 0 Å². The normalized spacial score (nSPS) is 11.6. The highest BCUT2D eigenvalue weighted by Crippen LogP contribution is 2.30. The number of benzene rings is 2. The molecule has 1 nitrogen and oxygen atoms in total. The second-order valence-electron chi connectivity index (χ2n) is 6.56. The molecule has 0 amide bonds. The minimum atomic E-state index is 0.728. The molecular formula is C24H28Cl2O. The summed E-state index contributed by atoms with van der Waals surface area (Å²) in [6, 6.07) is 11.5. The third kappa shape index (κ3) is 7.44. The SMILES string of the molecule is CCCCC=Cc1cc(Oc2ccc(Cl)c(C=CCCCC)c2)ccc1Cl. The molecule has 2 aromatic rings. The van der Waals surface area contributed by atoms with Crippen LogP contribution in [0.4, 0.5) is 0 Å². The van der Waals surface area contributed by atoms with E-state index in [-0.39, 0.29) is 0 Å². The summed E-state index contributed by atoms with van der Waals surface area (Å²) in [6.45, 7) is 4.38. The van der Waals surface area contributed by atoms with Gasteiger partial charge in [-0.3, -0.25) is 0 Å². The van der Waals surface area contributed by atoms with Gasteiger partial charge in [0.1, 0.15) is 11.5 Å². The Kier molecular flexibility index (Phi) is 9.52. The fraction of sp³-hybridized carbons (Fsp3) is 0.333. The predicted octanol–water partition coefficient (Wildman–Crippen LogP) is 9.19. The van der Waals surface area contributed by atoms with Gasteiger partial charge in [0.2, 0.25) is 0 Å². The van der Waals surface area contributed by atoms with Crippen molar-refractivity contribution in [2.45, 2.75) is 52.4 Å². The van der Waals surface area contributed by atoms with Gasteiger partial charge in [0.25, 0.3) is 0 Å². The lowest BCUT2D eigenvalue weighted by atomic mass is 10.1. The number of hydrogen-bond acceptors (Lipinski definition) is 1. The summed E-state index contributed by atoms with van der Waals surface area (Å²) in [5.74, 6) is 1.52. The third-order valence-electron chi connectivity index (χ3n) is 4.21. The van der Waals surface area contributed by atoms with E-state index in [1.165, 1.54) is 25.7 Å². The van der Waals surface area contributed by atoms with Crippen molar-refractivity contribution in [3.8, 4) is 11.5 Å². The Labute approximate surface area is 173 Å². The van der Waals surface area contributed by atoms with Crippen molar-refractivity contribution in [1.82, 2.24) is 0 Å². The van der Waals surface area contributed by atoms with Crippen LogP contribution in [-0.2, 0) is 0 Å². The van der Waals surface area contributed by atoms with Gasteiger partial charge in [-0.1, -0.05) is 87.0 Å². The summed E-state index contributed by atoms with van der Waals surface area (Å²) in [7, 11) is 0. The maximum Gasteiger partial charge on any atom is 0.128 e. The molecule has 3 heteroatoms.